The van der Waals surface area contributed by atoms with Crippen LogP contribution in [-0.2, 0) is 4.74 Å². The molecule has 0 unspecified atom stereocenters. The molecule has 1 aliphatic carbocycles. The van der Waals surface area contributed by atoms with Crippen molar-refractivity contribution in [2.45, 2.75) is 64.0 Å². The highest BCUT2D eigenvalue weighted by atomic mass is 16.6. The highest BCUT2D eigenvalue weighted by molar-refractivity contribution is 5.83. The molecule has 30 heavy (non-hydrogen) atoms. The Morgan fingerprint density at radius 3 is 2.73 bits per heavy atom. The van der Waals surface area contributed by atoms with Crippen molar-refractivity contribution < 1.29 is 14.1 Å². The first-order valence-corrected chi connectivity index (χ1v) is 10.7. The van der Waals surface area contributed by atoms with Crippen LogP contribution in [0.25, 0.3) is 22.4 Å². The number of hydrogen-bond acceptors (Lipinski definition) is 6. The van der Waals surface area contributed by atoms with Crippen molar-refractivity contribution >= 4 is 17.0 Å². The summed E-state index contributed by atoms with van der Waals surface area (Å²) in [7, 11) is 0. The molecule has 1 aromatic carbocycles. The average molecular weight is 409 g/mol. The van der Waals surface area contributed by atoms with Gasteiger partial charge in [-0.25, -0.2) is 4.79 Å². The number of fused-ring (bicyclic) bond motifs is 1. The number of carbonyl (C=O) groups is 1. The summed E-state index contributed by atoms with van der Waals surface area (Å²) in [4.78, 5) is 18.8. The zero-order valence-electron chi connectivity index (χ0n) is 17.7. The van der Waals surface area contributed by atoms with Crippen LogP contribution < -0.4 is 0 Å². The van der Waals surface area contributed by atoms with Crippen LogP contribution in [0.1, 0.15) is 64.2 Å². The molecule has 3 aromatic rings. The lowest BCUT2D eigenvalue weighted by Gasteiger charge is -2.30. The van der Waals surface area contributed by atoms with Crippen molar-refractivity contribution in [3.8, 4) is 11.5 Å². The summed E-state index contributed by atoms with van der Waals surface area (Å²) in [5, 5.41) is 9.79. The van der Waals surface area contributed by atoms with E-state index in [0.29, 0.717) is 24.8 Å². The van der Waals surface area contributed by atoms with Crippen LogP contribution in [0.15, 0.2) is 28.9 Å². The topological polar surface area (TPSA) is 86.3 Å². The second-order valence-corrected chi connectivity index (χ2v) is 8.99. The van der Waals surface area contributed by atoms with Gasteiger partial charge in [-0.15, -0.1) is 0 Å². The van der Waals surface area contributed by atoms with Crippen molar-refractivity contribution in [1.29, 1.82) is 0 Å². The van der Waals surface area contributed by atoms with Crippen LogP contribution in [0.2, 0.25) is 0 Å². The van der Waals surface area contributed by atoms with Gasteiger partial charge in [-0.3, -0.25) is 4.68 Å². The largest absolute Gasteiger partial charge is 0.443 e. The first-order valence-electron chi connectivity index (χ1n) is 10.7. The molecule has 1 amide bonds. The second kappa shape index (κ2) is 7.11. The summed E-state index contributed by atoms with van der Waals surface area (Å²) in [6.07, 6.45) is 5.22. The van der Waals surface area contributed by atoms with Crippen molar-refractivity contribution in [3.63, 3.8) is 0 Å². The van der Waals surface area contributed by atoms with Gasteiger partial charge < -0.3 is 14.2 Å². The Morgan fingerprint density at radius 1 is 1.27 bits per heavy atom. The Labute approximate surface area is 175 Å². The van der Waals surface area contributed by atoms with Crippen LogP contribution in [0.3, 0.4) is 0 Å². The van der Waals surface area contributed by atoms with Gasteiger partial charge in [0.05, 0.1) is 11.7 Å². The summed E-state index contributed by atoms with van der Waals surface area (Å²) >= 11 is 0. The van der Waals surface area contributed by atoms with Gasteiger partial charge in [0.15, 0.2) is 5.82 Å². The Kier molecular flexibility index (Phi) is 4.52. The van der Waals surface area contributed by atoms with Crippen molar-refractivity contribution in [2.24, 2.45) is 0 Å². The lowest BCUT2D eigenvalue weighted by Crippen LogP contribution is -2.40. The van der Waals surface area contributed by atoms with Crippen molar-refractivity contribution in [3.05, 3.63) is 30.2 Å². The molecule has 0 bridgehead atoms. The molecule has 3 heterocycles. The number of benzene rings is 1. The summed E-state index contributed by atoms with van der Waals surface area (Å²) in [6, 6.07) is 6.35. The maximum Gasteiger partial charge on any atom is 0.410 e. The Balaban J connectivity index is 1.27. The first-order chi connectivity index (χ1) is 14.4. The van der Waals surface area contributed by atoms with Gasteiger partial charge >= 0.3 is 6.09 Å². The highest BCUT2D eigenvalue weighted by Crippen LogP contribution is 2.39. The number of ether oxygens (including phenoxy) is 1. The number of carbonyl (C=O) groups excluding carboxylic acids is 1. The van der Waals surface area contributed by atoms with Gasteiger partial charge in [0, 0.05) is 36.0 Å². The van der Waals surface area contributed by atoms with E-state index in [1.165, 1.54) is 0 Å². The highest BCUT2D eigenvalue weighted by Gasteiger charge is 2.43. The smallest absolute Gasteiger partial charge is 0.410 e. The maximum atomic E-state index is 12.3. The van der Waals surface area contributed by atoms with Crippen LogP contribution in [-0.4, -0.2) is 49.6 Å². The quantitative estimate of drug-likeness (QED) is 0.629. The molecule has 158 valence electrons. The van der Waals surface area contributed by atoms with E-state index < -0.39 is 0 Å². The first kappa shape index (κ1) is 19.1. The van der Waals surface area contributed by atoms with Crippen LogP contribution >= 0.6 is 0 Å². The summed E-state index contributed by atoms with van der Waals surface area (Å²) in [5.41, 5.74) is 1.71. The molecule has 2 fully saturated rings. The third-order valence-electron chi connectivity index (χ3n) is 6.18. The molecule has 1 saturated heterocycles. The lowest BCUT2D eigenvalue weighted by atomic mass is 9.96. The number of hydrogen-bond donors (Lipinski definition) is 0. The van der Waals surface area contributed by atoms with E-state index in [1.807, 2.05) is 29.9 Å². The summed E-state index contributed by atoms with van der Waals surface area (Å²) in [6.45, 7) is 7.52. The normalized spacial score (nSPS) is 18.9. The Hall–Kier alpha value is -2.90. The third-order valence-corrected chi connectivity index (χ3v) is 6.18. The van der Waals surface area contributed by atoms with Gasteiger partial charge in [0.2, 0.25) is 0 Å². The van der Waals surface area contributed by atoms with E-state index in [2.05, 4.69) is 35.2 Å². The number of piperidine rings is 1. The zero-order valence-corrected chi connectivity index (χ0v) is 17.7. The Bertz CT molecular complexity index is 1070. The van der Waals surface area contributed by atoms with Crippen LogP contribution in [0.5, 0.6) is 0 Å². The Morgan fingerprint density at radius 2 is 2.03 bits per heavy atom. The standard InChI is InChI=1S/C22H27N5O3/c1-14(2)27-18-12-16(4-5-17(18)13-23-27)20-24-19(25-30-20)15-6-10-26(11-7-15)21(28)29-22(3)8-9-22/h4-5,12-15H,6-11H2,1-3H3. The number of nitrogens with zero attached hydrogens (tertiary/aromatic N) is 5. The molecule has 2 aromatic heterocycles. The fourth-order valence-electron chi connectivity index (χ4n) is 3.97. The minimum absolute atomic E-state index is 0.188. The van der Waals surface area contributed by atoms with Crippen LogP contribution in [0, 0.1) is 0 Å². The molecule has 0 atom stereocenters. The minimum atomic E-state index is -0.234. The zero-order chi connectivity index (χ0) is 20.9. The maximum absolute atomic E-state index is 12.3. The van der Waals surface area contributed by atoms with E-state index in [-0.39, 0.29) is 23.7 Å². The molecule has 0 spiro atoms. The van der Waals surface area contributed by atoms with E-state index >= 15 is 0 Å². The van der Waals surface area contributed by atoms with Gasteiger partial charge in [-0.1, -0.05) is 11.2 Å². The molecule has 2 aliphatic rings. The number of rotatable bonds is 4. The predicted octanol–water partition coefficient (Wildman–Crippen LogP) is 4.54. The summed E-state index contributed by atoms with van der Waals surface area (Å²) in [5.74, 6) is 1.42. The molecule has 5 rings (SSSR count). The number of aromatic nitrogens is 4. The average Bonchev–Trinajstić information content (AvgIpc) is 3.14. The monoisotopic (exact) mass is 409 g/mol. The fraction of sp³-hybridized carbons (Fsp3) is 0.545. The SMILES string of the molecule is CC(C)n1ncc2ccc(-c3nc(C4CCN(C(=O)OC5(C)CC5)CC4)no3)cc21. The molecular weight excluding hydrogens is 382 g/mol. The van der Waals surface area contributed by atoms with Gasteiger partial charge in [-0.2, -0.15) is 10.1 Å². The van der Waals surface area contributed by atoms with E-state index in [9.17, 15) is 4.79 Å². The van der Waals surface area contributed by atoms with Gasteiger partial charge in [-0.05, 0) is 58.6 Å². The van der Waals surface area contributed by atoms with E-state index in [4.69, 9.17) is 9.26 Å². The minimum Gasteiger partial charge on any atom is -0.443 e. The number of likely N-dealkylation sites (tertiary alicyclic amines) is 1. The second-order valence-electron chi connectivity index (χ2n) is 8.99. The van der Waals surface area contributed by atoms with Crippen molar-refractivity contribution in [2.75, 3.05) is 13.1 Å². The molecular formula is C22H27N5O3. The van der Waals surface area contributed by atoms with E-state index in [0.717, 1.165) is 42.1 Å². The van der Waals surface area contributed by atoms with Crippen molar-refractivity contribution in [1.82, 2.24) is 24.8 Å². The molecule has 0 radical (unpaired) electrons. The molecule has 0 N–H and O–H groups in total. The molecule has 1 saturated carbocycles. The third kappa shape index (κ3) is 3.55. The fourth-order valence-corrected chi connectivity index (χ4v) is 3.97. The lowest BCUT2D eigenvalue weighted by molar-refractivity contribution is 0.0518. The molecule has 8 heteroatoms. The van der Waals surface area contributed by atoms with Crippen LogP contribution in [0.4, 0.5) is 4.79 Å². The van der Waals surface area contributed by atoms with Gasteiger partial charge in [0.25, 0.3) is 5.89 Å². The predicted molar refractivity (Wildman–Crippen MR) is 111 cm³/mol. The molecule has 8 nitrogen and oxygen atoms in total. The number of amides is 1. The van der Waals surface area contributed by atoms with Gasteiger partial charge in [0.1, 0.15) is 5.60 Å². The van der Waals surface area contributed by atoms with E-state index in [1.54, 1.807) is 4.90 Å². The molecule has 1 aliphatic heterocycles. The summed E-state index contributed by atoms with van der Waals surface area (Å²) < 4.78 is 13.2.